The second-order valence-electron chi connectivity index (χ2n) is 6.80. The SMILES string of the molecule is O=c1c2cccc(Cl)c2ncn1C1CCN(S(=O)(=O)c2ccc(F)c(F)c2)CC1. The van der Waals surface area contributed by atoms with Gasteiger partial charge in [0.05, 0.1) is 27.1 Å². The Hall–Kier alpha value is -2.36. The van der Waals surface area contributed by atoms with Crippen LogP contribution in [0.25, 0.3) is 10.9 Å². The number of hydrogen-bond acceptors (Lipinski definition) is 4. The molecule has 1 aromatic heterocycles. The Morgan fingerprint density at radius 2 is 1.79 bits per heavy atom. The molecule has 0 aliphatic carbocycles. The van der Waals surface area contributed by atoms with Crippen molar-refractivity contribution in [3.8, 4) is 0 Å². The quantitative estimate of drug-likeness (QED) is 0.627. The first-order valence-corrected chi connectivity index (χ1v) is 10.7. The second kappa shape index (κ2) is 7.47. The summed E-state index contributed by atoms with van der Waals surface area (Å²) in [6.45, 7) is 0.290. The van der Waals surface area contributed by atoms with Gasteiger partial charge in [0, 0.05) is 19.1 Å². The van der Waals surface area contributed by atoms with E-state index in [4.69, 9.17) is 11.6 Å². The van der Waals surface area contributed by atoms with E-state index in [1.54, 1.807) is 18.2 Å². The van der Waals surface area contributed by atoms with Crippen molar-refractivity contribution in [3.05, 3.63) is 69.7 Å². The highest BCUT2D eigenvalue weighted by atomic mass is 35.5. The lowest BCUT2D eigenvalue weighted by molar-refractivity contribution is 0.269. The maximum absolute atomic E-state index is 13.4. The van der Waals surface area contributed by atoms with E-state index in [9.17, 15) is 22.0 Å². The van der Waals surface area contributed by atoms with Gasteiger partial charge < -0.3 is 0 Å². The van der Waals surface area contributed by atoms with Crippen LogP contribution in [0, 0.1) is 11.6 Å². The third-order valence-electron chi connectivity index (χ3n) is 5.11. The summed E-state index contributed by atoms with van der Waals surface area (Å²) in [5.74, 6) is -2.32. The highest BCUT2D eigenvalue weighted by Crippen LogP contribution is 2.27. The predicted molar refractivity (Wildman–Crippen MR) is 104 cm³/mol. The molecular formula is C19H16ClF2N3O3S. The van der Waals surface area contributed by atoms with Crippen molar-refractivity contribution in [1.29, 1.82) is 0 Å². The maximum atomic E-state index is 13.4. The van der Waals surface area contributed by atoms with Gasteiger partial charge in [-0.1, -0.05) is 17.7 Å². The van der Waals surface area contributed by atoms with Crippen LogP contribution in [0.2, 0.25) is 5.02 Å². The van der Waals surface area contributed by atoms with Crippen LogP contribution >= 0.6 is 11.6 Å². The molecule has 6 nitrogen and oxygen atoms in total. The fraction of sp³-hybridized carbons (Fsp3) is 0.263. The molecule has 0 N–H and O–H groups in total. The molecule has 152 valence electrons. The predicted octanol–water partition coefficient (Wildman–Crippen LogP) is 3.35. The molecule has 1 fully saturated rings. The summed E-state index contributed by atoms with van der Waals surface area (Å²) in [6.07, 6.45) is 2.20. The minimum Gasteiger partial charge on any atom is -0.296 e. The van der Waals surface area contributed by atoms with Crippen LogP contribution < -0.4 is 5.56 Å². The first-order chi connectivity index (χ1) is 13.8. The average molecular weight is 440 g/mol. The normalized spacial score (nSPS) is 16.4. The molecular weight excluding hydrogens is 424 g/mol. The van der Waals surface area contributed by atoms with E-state index in [2.05, 4.69) is 4.98 Å². The molecule has 0 radical (unpaired) electrons. The number of fused-ring (bicyclic) bond motifs is 1. The van der Waals surface area contributed by atoms with Gasteiger partial charge in [-0.2, -0.15) is 4.31 Å². The number of halogens is 3. The Morgan fingerprint density at radius 1 is 1.07 bits per heavy atom. The number of para-hydroxylation sites is 1. The van der Waals surface area contributed by atoms with Crippen LogP contribution in [0.1, 0.15) is 18.9 Å². The highest BCUT2D eigenvalue weighted by Gasteiger charge is 2.31. The average Bonchev–Trinajstić information content (AvgIpc) is 2.71. The van der Waals surface area contributed by atoms with Crippen molar-refractivity contribution in [1.82, 2.24) is 13.9 Å². The Bertz CT molecular complexity index is 1260. The molecule has 0 atom stereocenters. The van der Waals surface area contributed by atoms with E-state index in [0.29, 0.717) is 34.8 Å². The van der Waals surface area contributed by atoms with Crippen molar-refractivity contribution < 1.29 is 17.2 Å². The van der Waals surface area contributed by atoms with Gasteiger partial charge in [0.2, 0.25) is 10.0 Å². The Labute approximate surface area is 170 Å². The summed E-state index contributed by atoms with van der Waals surface area (Å²) in [4.78, 5) is 16.8. The molecule has 3 aromatic rings. The zero-order chi connectivity index (χ0) is 20.8. The second-order valence-corrected chi connectivity index (χ2v) is 9.15. The molecule has 29 heavy (non-hydrogen) atoms. The number of rotatable bonds is 3. The first-order valence-electron chi connectivity index (χ1n) is 8.89. The molecule has 0 amide bonds. The zero-order valence-electron chi connectivity index (χ0n) is 15.1. The van der Waals surface area contributed by atoms with Crippen molar-refractivity contribution in [3.63, 3.8) is 0 Å². The van der Waals surface area contributed by atoms with Crippen LogP contribution in [-0.4, -0.2) is 35.4 Å². The monoisotopic (exact) mass is 439 g/mol. The number of nitrogens with zero attached hydrogens (tertiary/aromatic N) is 3. The van der Waals surface area contributed by atoms with Gasteiger partial charge in [0.1, 0.15) is 0 Å². The number of benzene rings is 2. The number of aromatic nitrogens is 2. The van der Waals surface area contributed by atoms with Crippen molar-refractivity contribution in [2.45, 2.75) is 23.8 Å². The molecule has 0 bridgehead atoms. The van der Waals surface area contributed by atoms with E-state index in [1.165, 1.54) is 15.2 Å². The van der Waals surface area contributed by atoms with Crippen LogP contribution in [0.5, 0.6) is 0 Å². The number of sulfonamides is 1. The minimum atomic E-state index is -3.95. The van der Waals surface area contributed by atoms with E-state index in [0.717, 1.165) is 12.1 Å². The fourth-order valence-electron chi connectivity index (χ4n) is 3.54. The lowest BCUT2D eigenvalue weighted by Gasteiger charge is -2.32. The van der Waals surface area contributed by atoms with Crippen molar-refractivity contribution in [2.75, 3.05) is 13.1 Å². The molecule has 4 rings (SSSR count). The molecule has 2 aromatic carbocycles. The Kier molecular flexibility index (Phi) is 5.14. The molecule has 2 heterocycles. The Morgan fingerprint density at radius 3 is 2.48 bits per heavy atom. The third-order valence-corrected chi connectivity index (χ3v) is 7.31. The lowest BCUT2D eigenvalue weighted by Crippen LogP contribution is -2.40. The maximum Gasteiger partial charge on any atom is 0.261 e. The van der Waals surface area contributed by atoms with Gasteiger partial charge in [-0.3, -0.25) is 9.36 Å². The summed E-state index contributed by atoms with van der Waals surface area (Å²) >= 11 is 6.08. The largest absolute Gasteiger partial charge is 0.296 e. The smallest absolute Gasteiger partial charge is 0.261 e. The summed E-state index contributed by atoms with van der Waals surface area (Å²) in [5.41, 5.74) is 0.188. The molecule has 1 saturated heterocycles. The molecule has 0 unspecified atom stereocenters. The summed E-state index contributed by atoms with van der Waals surface area (Å²) in [5, 5.41) is 0.788. The molecule has 1 aliphatic heterocycles. The van der Waals surface area contributed by atoms with E-state index < -0.39 is 21.7 Å². The van der Waals surface area contributed by atoms with Crippen molar-refractivity contribution >= 4 is 32.5 Å². The Balaban J connectivity index is 1.57. The molecule has 0 saturated carbocycles. The van der Waals surface area contributed by atoms with Gasteiger partial charge in [0.25, 0.3) is 5.56 Å². The van der Waals surface area contributed by atoms with Crippen LogP contribution in [-0.2, 0) is 10.0 Å². The first kappa shape index (κ1) is 19.9. The standard InChI is InChI=1S/C19H16ClF2N3O3S/c20-15-3-1-2-14-18(15)23-11-25(19(14)26)12-6-8-24(9-7-12)29(27,28)13-4-5-16(21)17(22)10-13/h1-5,10-12H,6-9H2. The van der Waals surface area contributed by atoms with Crippen molar-refractivity contribution in [2.24, 2.45) is 0 Å². The van der Waals surface area contributed by atoms with Crippen LogP contribution in [0.4, 0.5) is 8.78 Å². The fourth-order valence-corrected chi connectivity index (χ4v) is 5.24. The highest BCUT2D eigenvalue weighted by molar-refractivity contribution is 7.89. The molecule has 1 aliphatic rings. The molecule has 0 spiro atoms. The third kappa shape index (κ3) is 3.54. The number of piperidine rings is 1. The van der Waals surface area contributed by atoms with Gasteiger partial charge >= 0.3 is 0 Å². The topological polar surface area (TPSA) is 72.3 Å². The van der Waals surface area contributed by atoms with Crippen LogP contribution in [0.15, 0.2) is 52.4 Å². The lowest BCUT2D eigenvalue weighted by atomic mass is 10.1. The number of hydrogen-bond donors (Lipinski definition) is 0. The zero-order valence-corrected chi connectivity index (χ0v) is 16.6. The van der Waals surface area contributed by atoms with E-state index in [-0.39, 0.29) is 29.6 Å². The summed E-state index contributed by atoms with van der Waals surface area (Å²) in [6, 6.07) is 7.27. The summed E-state index contributed by atoms with van der Waals surface area (Å²) in [7, 11) is -3.95. The minimum absolute atomic E-state index is 0.145. The van der Waals surface area contributed by atoms with Gasteiger partial charge in [-0.25, -0.2) is 22.2 Å². The summed E-state index contributed by atoms with van der Waals surface area (Å²) < 4.78 is 54.7. The van der Waals surface area contributed by atoms with Crippen LogP contribution in [0.3, 0.4) is 0 Å². The molecule has 10 heteroatoms. The van der Waals surface area contributed by atoms with Gasteiger partial charge in [-0.05, 0) is 43.2 Å². The van der Waals surface area contributed by atoms with E-state index >= 15 is 0 Å². The van der Waals surface area contributed by atoms with E-state index in [1.807, 2.05) is 0 Å². The van der Waals surface area contributed by atoms with Gasteiger partial charge in [-0.15, -0.1) is 0 Å². The van der Waals surface area contributed by atoms with Gasteiger partial charge in [0.15, 0.2) is 11.6 Å².